The van der Waals surface area contributed by atoms with Crippen molar-refractivity contribution in [3.63, 3.8) is 0 Å². The number of pyridine rings is 1. The Bertz CT molecular complexity index is 641. The van der Waals surface area contributed by atoms with Gasteiger partial charge in [0.25, 0.3) is 5.91 Å². The second kappa shape index (κ2) is 6.29. The molecule has 0 spiro atoms. The van der Waals surface area contributed by atoms with E-state index in [1.807, 2.05) is 0 Å². The summed E-state index contributed by atoms with van der Waals surface area (Å²) in [4.78, 5) is 30.2. The zero-order valence-corrected chi connectivity index (χ0v) is 11.9. The van der Waals surface area contributed by atoms with Gasteiger partial charge < -0.3 is 15.0 Å². The van der Waals surface area contributed by atoms with E-state index >= 15 is 0 Å². The molecule has 2 rings (SSSR count). The van der Waals surface area contributed by atoms with E-state index < -0.39 is 5.97 Å². The lowest BCUT2D eigenvalue weighted by Crippen LogP contribution is -2.28. The molecule has 2 heterocycles. The minimum Gasteiger partial charge on any atom is -0.476 e. The first-order valence-electron chi connectivity index (χ1n) is 5.71. The van der Waals surface area contributed by atoms with Gasteiger partial charge in [-0.2, -0.15) is 0 Å². The average Bonchev–Trinajstić information content (AvgIpc) is 2.88. The highest BCUT2D eigenvalue weighted by atomic mass is 79.9. The van der Waals surface area contributed by atoms with E-state index in [1.54, 1.807) is 16.7 Å². The predicted molar refractivity (Wildman–Crippen MR) is 73.5 cm³/mol. The molecule has 0 aliphatic carbocycles. The Morgan fingerprint density at radius 2 is 2.20 bits per heavy atom. The normalized spacial score (nSPS) is 10.2. The second-order valence-corrected chi connectivity index (χ2v) is 4.75. The van der Waals surface area contributed by atoms with E-state index in [9.17, 15) is 9.59 Å². The summed E-state index contributed by atoms with van der Waals surface area (Å²) in [6.45, 7) is 0.772. The monoisotopic (exact) mass is 338 g/mol. The molecule has 0 fully saturated rings. The lowest BCUT2D eigenvalue weighted by molar-refractivity contribution is 0.0690. The van der Waals surface area contributed by atoms with Gasteiger partial charge in [-0.3, -0.25) is 4.79 Å². The van der Waals surface area contributed by atoms with Crippen molar-refractivity contribution >= 4 is 27.8 Å². The molecule has 0 aromatic carbocycles. The van der Waals surface area contributed by atoms with Crippen molar-refractivity contribution in [3.05, 3.63) is 46.7 Å². The second-order valence-electron chi connectivity index (χ2n) is 3.89. The fourth-order valence-corrected chi connectivity index (χ4v) is 1.96. The molecule has 2 N–H and O–H groups in total. The van der Waals surface area contributed by atoms with Gasteiger partial charge in [0.2, 0.25) is 0 Å². The Kier molecular flexibility index (Phi) is 4.46. The number of hydrogen-bond donors (Lipinski definition) is 2. The van der Waals surface area contributed by atoms with Gasteiger partial charge in [-0.25, -0.2) is 14.8 Å². The SMILES string of the molecule is O=C(O)c1cn(CCNC(=O)c2ncccc2Br)cn1. The molecule has 0 saturated carbocycles. The molecule has 8 heteroatoms. The zero-order valence-electron chi connectivity index (χ0n) is 10.3. The summed E-state index contributed by atoms with van der Waals surface area (Å²) in [7, 11) is 0. The van der Waals surface area contributed by atoms with Crippen LogP contribution in [0.1, 0.15) is 21.0 Å². The van der Waals surface area contributed by atoms with Crippen LogP contribution in [0.5, 0.6) is 0 Å². The van der Waals surface area contributed by atoms with Crippen molar-refractivity contribution < 1.29 is 14.7 Å². The van der Waals surface area contributed by atoms with Crippen LogP contribution in [0, 0.1) is 0 Å². The lowest BCUT2D eigenvalue weighted by Gasteiger charge is -2.06. The summed E-state index contributed by atoms with van der Waals surface area (Å²) in [5.74, 6) is -1.37. The fourth-order valence-electron chi connectivity index (χ4n) is 1.53. The number of carbonyl (C=O) groups is 2. The van der Waals surface area contributed by atoms with Crippen LogP contribution in [0.25, 0.3) is 0 Å². The van der Waals surface area contributed by atoms with Gasteiger partial charge >= 0.3 is 5.97 Å². The first-order valence-corrected chi connectivity index (χ1v) is 6.51. The van der Waals surface area contributed by atoms with E-state index in [-0.39, 0.29) is 11.6 Å². The van der Waals surface area contributed by atoms with Crippen LogP contribution in [0.3, 0.4) is 0 Å². The molecule has 0 saturated heterocycles. The topological polar surface area (TPSA) is 97.1 Å². The Morgan fingerprint density at radius 1 is 1.40 bits per heavy atom. The molecule has 2 aromatic rings. The molecular weight excluding hydrogens is 328 g/mol. The number of carboxylic acids is 1. The highest BCUT2D eigenvalue weighted by Crippen LogP contribution is 2.12. The van der Waals surface area contributed by atoms with Gasteiger partial charge in [0, 0.05) is 30.0 Å². The van der Waals surface area contributed by atoms with E-state index in [0.717, 1.165) is 0 Å². The Balaban J connectivity index is 1.88. The summed E-state index contributed by atoms with van der Waals surface area (Å²) < 4.78 is 2.21. The number of hydrogen-bond acceptors (Lipinski definition) is 4. The first kappa shape index (κ1) is 14.2. The standard InChI is InChI=1S/C12H11BrN4O3/c13-8-2-1-3-14-10(8)11(18)15-4-5-17-6-9(12(19)20)16-7-17/h1-3,6-7H,4-5H2,(H,15,18)(H,19,20). The molecule has 20 heavy (non-hydrogen) atoms. The molecule has 0 unspecified atom stereocenters. The molecule has 7 nitrogen and oxygen atoms in total. The highest BCUT2D eigenvalue weighted by molar-refractivity contribution is 9.10. The maximum absolute atomic E-state index is 11.8. The maximum Gasteiger partial charge on any atom is 0.356 e. The van der Waals surface area contributed by atoms with E-state index in [0.29, 0.717) is 23.3 Å². The van der Waals surface area contributed by atoms with Gasteiger partial charge in [0.05, 0.1) is 6.33 Å². The molecule has 2 aromatic heterocycles. The number of imidazole rings is 1. The first-order chi connectivity index (χ1) is 9.58. The van der Waals surface area contributed by atoms with Crippen LogP contribution >= 0.6 is 15.9 Å². The van der Waals surface area contributed by atoms with Crippen molar-refractivity contribution in [2.24, 2.45) is 0 Å². The zero-order chi connectivity index (χ0) is 14.5. The smallest absolute Gasteiger partial charge is 0.356 e. The Labute approximate surface area is 122 Å². The number of aromatic nitrogens is 3. The minimum absolute atomic E-state index is 0.0243. The Morgan fingerprint density at radius 3 is 2.85 bits per heavy atom. The van der Waals surface area contributed by atoms with Crippen LogP contribution in [0.4, 0.5) is 0 Å². The third kappa shape index (κ3) is 3.41. The molecule has 1 amide bonds. The van der Waals surface area contributed by atoms with Crippen molar-refractivity contribution in [1.82, 2.24) is 19.9 Å². The maximum atomic E-state index is 11.8. The minimum atomic E-state index is -1.08. The number of aromatic carboxylic acids is 1. The molecule has 0 atom stereocenters. The molecule has 0 aliphatic heterocycles. The number of rotatable bonds is 5. The molecule has 0 aliphatic rings. The number of amides is 1. The molecule has 0 bridgehead atoms. The number of carboxylic acid groups (broad SMARTS) is 1. The summed E-state index contributed by atoms with van der Waals surface area (Å²) in [6, 6.07) is 3.46. The van der Waals surface area contributed by atoms with E-state index in [2.05, 4.69) is 31.2 Å². The summed E-state index contributed by atoms with van der Waals surface area (Å²) in [6.07, 6.45) is 4.35. The summed E-state index contributed by atoms with van der Waals surface area (Å²) in [5, 5.41) is 11.4. The predicted octanol–water partition coefficient (Wildman–Crippen LogP) is 1.17. The van der Waals surface area contributed by atoms with E-state index in [4.69, 9.17) is 5.11 Å². The fraction of sp³-hybridized carbons (Fsp3) is 0.167. The summed E-state index contributed by atoms with van der Waals surface area (Å²) >= 11 is 3.25. The van der Waals surface area contributed by atoms with Crippen LogP contribution in [0.15, 0.2) is 35.3 Å². The number of nitrogens with zero attached hydrogens (tertiary/aromatic N) is 3. The van der Waals surface area contributed by atoms with Gasteiger partial charge in [-0.05, 0) is 28.1 Å². The quantitative estimate of drug-likeness (QED) is 0.852. The molecule has 0 radical (unpaired) electrons. The number of nitrogens with one attached hydrogen (secondary N) is 1. The number of carbonyl (C=O) groups excluding carboxylic acids is 1. The van der Waals surface area contributed by atoms with Crippen LogP contribution < -0.4 is 5.32 Å². The Hall–Kier alpha value is -2.22. The van der Waals surface area contributed by atoms with Crippen molar-refractivity contribution in [2.45, 2.75) is 6.54 Å². The molecule has 104 valence electrons. The van der Waals surface area contributed by atoms with Gasteiger partial charge in [0.15, 0.2) is 5.69 Å². The van der Waals surface area contributed by atoms with Crippen LogP contribution in [-0.4, -0.2) is 38.1 Å². The third-order valence-electron chi connectivity index (χ3n) is 2.48. The van der Waals surface area contributed by atoms with Crippen molar-refractivity contribution in [1.29, 1.82) is 0 Å². The summed E-state index contributed by atoms with van der Waals surface area (Å²) in [5.41, 5.74) is 0.285. The van der Waals surface area contributed by atoms with Crippen LogP contribution in [0.2, 0.25) is 0 Å². The van der Waals surface area contributed by atoms with Gasteiger partial charge in [-0.1, -0.05) is 0 Å². The molecular formula is C12H11BrN4O3. The highest BCUT2D eigenvalue weighted by Gasteiger charge is 2.10. The lowest BCUT2D eigenvalue weighted by atomic mass is 10.3. The van der Waals surface area contributed by atoms with E-state index in [1.165, 1.54) is 18.7 Å². The average molecular weight is 339 g/mol. The van der Waals surface area contributed by atoms with Crippen LogP contribution in [-0.2, 0) is 6.54 Å². The largest absolute Gasteiger partial charge is 0.476 e. The van der Waals surface area contributed by atoms with Crippen molar-refractivity contribution in [3.8, 4) is 0 Å². The third-order valence-corrected chi connectivity index (χ3v) is 3.12. The van der Waals surface area contributed by atoms with Crippen molar-refractivity contribution in [2.75, 3.05) is 6.54 Å². The van der Waals surface area contributed by atoms with Gasteiger partial charge in [0.1, 0.15) is 5.69 Å². The number of halogens is 1. The van der Waals surface area contributed by atoms with Gasteiger partial charge in [-0.15, -0.1) is 0 Å².